The molecule has 0 bridgehead atoms. The molecule has 8 heterocycles. The van der Waals surface area contributed by atoms with Crippen LogP contribution in [0.5, 0.6) is 0 Å². The van der Waals surface area contributed by atoms with Crippen molar-refractivity contribution in [1.29, 1.82) is 0 Å². The van der Waals surface area contributed by atoms with Gasteiger partial charge in [-0.15, -0.1) is 0 Å². The number of aliphatic hydroxyl groups excluding tert-OH is 1. The number of nitrogens with zero attached hydrogens (tertiary/aromatic N) is 8. The first-order valence-electron chi connectivity index (χ1n) is 25.1. The lowest BCUT2D eigenvalue weighted by Crippen LogP contribution is -2.54. The molecule has 5 N–H and O–H groups in total. The lowest BCUT2D eigenvalue weighted by atomic mass is 9.90. The zero-order valence-corrected chi connectivity index (χ0v) is 41.8. The Morgan fingerprint density at radius 3 is 2.39 bits per heavy atom. The summed E-state index contributed by atoms with van der Waals surface area (Å²) in [6, 6.07) is 10.3. The molecule has 5 aliphatic rings. The van der Waals surface area contributed by atoms with Crippen molar-refractivity contribution >= 4 is 64.1 Å². The van der Waals surface area contributed by atoms with Gasteiger partial charge >= 0.3 is 0 Å². The van der Waals surface area contributed by atoms with Crippen LogP contribution in [0, 0.1) is 11.2 Å². The number of aromatic nitrogens is 4. The van der Waals surface area contributed by atoms with Crippen molar-refractivity contribution in [2.45, 2.75) is 78.0 Å². The van der Waals surface area contributed by atoms with Crippen molar-refractivity contribution in [1.82, 2.24) is 39.5 Å². The molecule has 0 saturated carbocycles. The van der Waals surface area contributed by atoms with Crippen molar-refractivity contribution in [3.05, 3.63) is 111 Å². The van der Waals surface area contributed by atoms with Crippen molar-refractivity contribution in [2.24, 2.45) is 12.5 Å². The molecule has 74 heavy (non-hydrogen) atoms. The maximum absolute atomic E-state index is 15.5. The topological polar surface area (TPSA) is 239 Å². The van der Waals surface area contributed by atoms with Crippen LogP contribution in [-0.4, -0.2) is 139 Å². The zero-order chi connectivity index (χ0) is 52.2. The average Bonchev–Trinajstić information content (AvgIpc) is 3.98. The van der Waals surface area contributed by atoms with Crippen LogP contribution in [-0.2, 0) is 40.9 Å². The van der Waals surface area contributed by atoms with Gasteiger partial charge in [0, 0.05) is 101 Å². The second-order valence-electron chi connectivity index (χ2n) is 20.7. The van der Waals surface area contributed by atoms with E-state index in [0.29, 0.717) is 93.4 Å². The number of hydrogen-bond donors (Lipinski definition) is 5. The maximum Gasteiger partial charge on any atom is 0.274 e. The number of halogens is 1. The van der Waals surface area contributed by atoms with Crippen LogP contribution in [0.2, 0.25) is 0 Å². The number of amides is 6. The Bertz CT molecular complexity index is 3140. The van der Waals surface area contributed by atoms with Crippen molar-refractivity contribution in [3.8, 4) is 11.1 Å². The number of carbonyl (C=O) groups excluding carboxylic acids is 6. The Balaban J connectivity index is 0.697. The normalized spacial score (nSPS) is 19.7. The number of aliphatic hydroxyl groups is 1. The van der Waals surface area contributed by atoms with Gasteiger partial charge in [-0.25, -0.2) is 14.4 Å². The summed E-state index contributed by atoms with van der Waals surface area (Å²) >= 11 is 0. The van der Waals surface area contributed by atoms with Gasteiger partial charge < -0.3 is 40.0 Å². The van der Waals surface area contributed by atoms with E-state index in [1.54, 1.807) is 43.8 Å². The Morgan fingerprint density at radius 1 is 0.919 bits per heavy atom. The van der Waals surface area contributed by atoms with Crippen LogP contribution in [0.25, 0.3) is 11.1 Å². The van der Waals surface area contributed by atoms with E-state index in [2.05, 4.69) is 61.5 Å². The number of pyridine rings is 3. The minimum atomic E-state index is -1.13. The first kappa shape index (κ1) is 49.8. The second-order valence-corrected chi connectivity index (χ2v) is 20.7. The van der Waals surface area contributed by atoms with Crippen LogP contribution >= 0.6 is 0 Å². The lowest BCUT2D eigenvalue weighted by Gasteiger charge is -2.41. The molecular weight excluding hydrogens is 952 g/mol. The summed E-state index contributed by atoms with van der Waals surface area (Å²) in [6.07, 6.45) is 7.72. The molecule has 10 rings (SSSR count). The highest BCUT2D eigenvalue weighted by molar-refractivity contribution is 6.23. The summed E-state index contributed by atoms with van der Waals surface area (Å²) in [4.78, 5) is 112. The number of benzene rings is 1. The van der Waals surface area contributed by atoms with Crippen LogP contribution in [0.4, 0.5) is 33.1 Å². The minimum absolute atomic E-state index is 0.00524. The van der Waals surface area contributed by atoms with Gasteiger partial charge in [-0.1, -0.05) is 13.8 Å². The third kappa shape index (κ3) is 9.75. The highest BCUT2D eigenvalue weighted by Crippen LogP contribution is 2.37. The van der Waals surface area contributed by atoms with E-state index in [0.717, 1.165) is 40.8 Å². The minimum Gasteiger partial charge on any atom is -0.392 e. The van der Waals surface area contributed by atoms with Crippen LogP contribution in [0.1, 0.15) is 94.5 Å². The highest BCUT2D eigenvalue weighted by atomic mass is 19.1. The van der Waals surface area contributed by atoms with E-state index in [-0.39, 0.29) is 70.0 Å². The van der Waals surface area contributed by atoms with Gasteiger partial charge in [-0.05, 0) is 98.2 Å². The number of hydrogen-bond acceptors (Lipinski definition) is 14. The Hall–Kier alpha value is -7.78. The fourth-order valence-electron chi connectivity index (χ4n) is 11.1. The Kier molecular flexibility index (Phi) is 13.4. The quantitative estimate of drug-likeness (QED) is 0.105. The van der Waals surface area contributed by atoms with E-state index in [1.165, 1.54) is 10.6 Å². The monoisotopic (exact) mass is 1010 g/mol. The van der Waals surface area contributed by atoms with E-state index >= 15 is 4.39 Å². The fourth-order valence-corrected chi connectivity index (χ4v) is 11.1. The maximum atomic E-state index is 15.5. The molecule has 3 fully saturated rings. The van der Waals surface area contributed by atoms with Crippen molar-refractivity contribution in [3.63, 3.8) is 0 Å². The lowest BCUT2D eigenvalue weighted by molar-refractivity contribution is -0.136. The molecule has 21 heteroatoms. The fraction of sp³-hybridized carbons (Fsp3) is 0.415. The predicted octanol–water partition coefficient (Wildman–Crippen LogP) is 3.96. The molecule has 0 radical (unpaired) electrons. The van der Waals surface area contributed by atoms with Gasteiger partial charge in [0.25, 0.3) is 23.3 Å². The molecular formula is C53H59FN12O8. The van der Waals surface area contributed by atoms with Gasteiger partial charge in [0.1, 0.15) is 34.9 Å². The molecule has 4 aliphatic heterocycles. The average molecular weight is 1010 g/mol. The third-order valence-electron chi connectivity index (χ3n) is 14.9. The molecule has 386 valence electrons. The second kappa shape index (κ2) is 19.9. The molecule has 5 aromatic rings. The van der Waals surface area contributed by atoms with E-state index in [1.807, 2.05) is 21.9 Å². The van der Waals surface area contributed by atoms with E-state index in [4.69, 9.17) is 0 Å². The first-order valence-corrected chi connectivity index (χ1v) is 25.1. The van der Waals surface area contributed by atoms with Gasteiger partial charge in [0.2, 0.25) is 17.7 Å². The summed E-state index contributed by atoms with van der Waals surface area (Å²) in [5.74, 6) is -2.90. The summed E-state index contributed by atoms with van der Waals surface area (Å²) < 4.78 is 16.9. The van der Waals surface area contributed by atoms with Crippen LogP contribution < -0.4 is 31.3 Å². The molecule has 2 atom stereocenters. The Labute approximate surface area is 425 Å². The van der Waals surface area contributed by atoms with Crippen molar-refractivity contribution < 1.29 is 38.3 Å². The number of carbonyl (C=O) groups is 6. The highest BCUT2D eigenvalue weighted by Gasteiger charge is 2.45. The molecule has 1 aliphatic carbocycles. The molecule has 6 amide bonds. The number of piperazine rings is 2. The van der Waals surface area contributed by atoms with Gasteiger partial charge in [0.15, 0.2) is 0 Å². The number of H-pyrrole nitrogens is 1. The number of piperidine rings is 1. The van der Waals surface area contributed by atoms with Gasteiger partial charge in [-0.2, -0.15) is 0 Å². The number of nitrogens with one attached hydrogen (secondary N) is 4. The smallest absolute Gasteiger partial charge is 0.274 e. The van der Waals surface area contributed by atoms with Crippen LogP contribution in [0.15, 0.2) is 65.8 Å². The summed E-state index contributed by atoms with van der Waals surface area (Å²) in [5.41, 5.74) is 5.33. The van der Waals surface area contributed by atoms with E-state index in [9.17, 15) is 38.7 Å². The molecule has 0 spiro atoms. The van der Waals surface area contributed by atoms with E-state index < -0.39 is 42.1 Å². The number of anilines is 5. The zero-order valence-electron chi connectivity index (χ0n) is 41.8. The number of aromatic amines is 1. The summed E-state index contributed by atoms with van der Waals surface area (Å²) in [6.45, 7) is 10.6. The number of rotatable bonds is 13. The molecule has 1 unspecified atom stereocenters. The molecule has 4 aromatic heterocycles. The Morgan fingerprint density at radius 2 is 1.69 bits per heavy atom. The molecule has 20 nitrogen and oxygen atoms in total. The number of fused-ring (bicyclic) bond motifs is 2. The van der Waals surface area contributed by atoms with Gasteiger partial charge in [0.05, 0.1) is 35.3 Å². The number of imide groups is 2. The standard InChI is InChI=1S/C53H59FN12O8/c1-30-27-64(46(69)6-5-13-62-14-16-63(17-15-62)43-23-36-35(22-38(43)54)50(72)66(51(36)73)42-8-10-45(68)59-49(42)71)18-19-65(30)33-7-9-44(56-26-33)58-40-21-32(28-61(4)52(40)74)34-11-12-55-47(37(34)29-67)60-48(70)39-20-31-24-53(2,3)25-41(31)57-39/h7,9,11-12,20-23,26,28,30,42,57,67H,5-6,8,10,13-19,24-25,27,29H2,1-4H3,(H,56,58)(H,55,60,70)(H,59,68,71)/t30-,42?/m0/s1. The predicted molar refractivity (Wildman–Crippen MR) is 273 cm³/mol. The van der Waals surface area contributed by atoms with Crippen molar-refractivity contribution in [2.75, 3.05) is 72.8 Å². The third-order valence-corrected chi connectivity index (χ3v) is 14.9. The van der Waals surface area contributed by atoms with Gasteiger partial charge in [-0.3, -0.25) is 48.7 Å². The first-order chi connectivity index (χ1) is 35.4. The molecule has 3 saturated heterocycles. The SMILES string of the molecule is C[C@H]1CN(C(=O)CCCN2CCN(c3cc4c(cc3F)C(=O)N(C3CCC(=O)NC3=O)C4=O)CC2)CCN1c1ccc(Nc2cc(-c3ccnc(NC(=O)c4cc5c([nH]4)CC(C)(C)C5)c3CO)cn(C)c2=O)nc1. The molecule has 1 aromatic carbocycles. The summed E-state index contributed by atoms with van der Waals surface area (Å²) in [5, 5.41) is 18.8. The summed E-state index contributed by atoms with van der Waals surface area (Å²) in [7, 11) is 1.64. The van der Waals surface area contributed by atoms with Crippen LogP contribution in [0.3, 0.4) is 0 Å². The number of aryl methyl sites for hydroxylation is 1. The largest absolute Gasteiger partial charge is 0.392 e.